The Morgan fingerprint density at radius 3 is 2.78 bits per heavy atom. The second-order valence-electron chi connectivity index (χ2n) is 6.08. The van der Waals surface area contributed by atoms with Gasteiger partial charge in [0, 0.05) is 18.7 Å². The van der Waals surface area contributed by atoms with Crippen molar-refractivity contribution in [2.24, 2.45) is 0 Å². The highest BCUT2D eigenvalue weighted by atomic mass is 35.5. The summed E-state index contributed by atoms with van der Waals surface area (Å²) in [5.74, 6) is 1.45. The van der Waals surface area contributed by atoms with Crippen LogP contribution < -0.4 is 10.1 Å². The highest BCUT2D eigenvalue weighted by Gasteiger charge is 2.08. The molecule has 142 valence electrons. The van der Waals surface area contributed by atoms with Crippen molar-refractivity contribution in [2.45, 2.75) is 39.5 Å². The Kier molecular flexibility index (Phi) is 6.90. The van der Waals surface area contributed by atoms with Crippen LogP contribution in [0.5, 0.6) is 5.75 Å². The minimum Gasteiger partial charge on any atom is -0.489 e. The number of aryl methyl sites for hydroxylation is 1. The number of hydrogen-bond acceptors (Lipinski definition) is 5. The summed E-state index contributed by atoms with van der Waals surface area (Å²) in [4.78, 5) is 0. The van der Waals surface area contributed by atoms with Crippen molar-refractivity contribution in [1.82, 2.24) is 20.2 Å². The van der Waals surface area contributed by atoms with Crippen molar-refractivity contribution in [1.29, 1.82) is 0 Å². The molecule has 1 N–H and O–H groups in total. The van der Waals surface area contributed by atoms with Crippen LogP contribution >= 0.6 is 23.2 Å². The van der Waals surface area contributed by atoms with E-state index >= 15 is 0 Å². The predicted octanol–water partition coefficient (Wildman–Crippen LogP) is 4.97. The summed E-state index contributed by atoms with van der Waals surface area (Å²) < 4.78 is 7.76. The third-order valence-electron chi connectivity index (χ3n) is 4.04. The molecular weight excluding hydrogens is 385 g/mol. The number of aromatic nitrogens is 4. The van der Waals surface area contributed by atoms with E-state index in [1.165, 1.54) is 0 Å². The molecule has 0 atom stereocenters. The highest BCUT2D eigenvalue weighted by Crippen LogP contribution is 2.25. The lowest BCUT2D eigenvalue weighted by Crippen LogP contribution is -2.10. The topological polar surface area (TPSA) is 64.9 Å². The molecule has 0 spiro atoms. The zero-order valence-corrected chi connectivity index (χ0v) is 16.5. The molecule has 1 aromatic heterocycles. The quantitative estimate of drug-likeness (QED) is 0.544. The number of tetrazole rings is 1. The molecule has 0 saturated carbocycles. The first-order valence-corrected chi connectivity index (χ1v) is 9.57. The molecule has 8 heteroatoms. The van der Waals surface area contributed by atoms with Crippen LogP contribution in [0.15, 0.2) is 42.5 Å². The van der Waals surface area contributed by atoms with Gasteiger partial charge in [0.05, 0.1) is 10.0 Å². The Labute approximate surface area is 168 Å². The maximum Gasteiger partial charge on any atom is 0.243 e. The van der Waals surface area contributed by atoms with E-state index in [0.29, 0.717) is 29.1 Å². The van der Waals surface area contributed by atoms with E-state index in [0.717, 1.165) is 36.3 Å². The molecule has 3 rings (SSSR count). The smallest absolute Gasteiger partial charge is 0.243 e. The van der Waals surface area contributed by atoms with Gasteiger partial charge in [-0.2, -0.15) is 0 Å². The summed E-state index contributed by atoms with van der Waals surface area (Å²) in [6.45, 7) is 3.90. The van der Waals surface area contributed by atoms with Crippen molar-refractivity contribution >= 4 is 29.2 Å². The molecule has 0 aliphatic carbocycles. The summed E-state index contributed by atoms with van der Waals surface area (Å²) in [6.07, 6.45) is 2.12. The van der Waals surface area contributed by atoms with Gasteiger partial charge in [-0.3, -0.25) is 0 Å². The van der Waals surface area contributed by atoms with Gasteiger partial charge in [-0.25, -0.2) is 4.68 Å². The summed E-state index contributed by atoms with van der Waals surface area (Å²) in [6, 6.07) is 13.4. The first-order chi connectivity index (χ1) is 13.2. The largest absolute Gasteiger partial charge is 0.489 e. The standard InChI is InChI=1S/C19H21Cl2N5O/c1-2-3-10-26-19(23-24-25-26)22-12-15-6-4-5-7-18(15)27-13-14-8-9-16(20)17(21)11-14/h4-9,11H,2-3,10,12-13H2,1H3,(H,22,23,25). The third kappa shape index (κ3) is 5.34. The summed E-state index contributed by atoms with van der Waals surface area (Å²) in [5, 5.41) is 16.1. The molecule has 0 bridgehead atoms. The number of benzene rings is 2. The minimum atomic E-state index is 0.405. The van der Waals surface area contributed by atoms with Gasteiger partial charge in [-0.1, -0.05) is 65.9 Å². The van der Waals surface area contributed by atoms with Crippen LogP contribution in [0, 0.1) is 0 Å². The SMILES string of the molecule is CCCCn1nnnc1NCc1ccccc1OCc1ccc(Cl)c(Cl)c1. The van der Waals surface area contributed by atoms with Crippen LogP contribution in [0.25, 0.3) is 0 Å². The summed E-state index contributed by atoms with van der Waals surface area (Å²) in [5.41, 5.74) is 1.97. The molecule has 1 heterocycles. The number of para-hydroxylation sites is 1. The lowest BCUT2D eigenvalue weighted by Gasteiger charge is -2.13. The van der Waals surface area contributed by atoms with Crippen molar-refractivity contribution in [3.8, 4) is 5.75 Å². The van der Waals surface area contributed by atoms with E-state index in [1.807, 2.05) is 36.4 Å². The van der Waals surface area contributed by atoms with Crippen molar-refractivity contribution in [2.75, 3.05) is 5.32 Å². The molecule has 2 aromatic carbocycles. The molecular formula is C19H21Cl2N5O. The Bertz CT molecular complexity index is 884. The average Bonchev–Trinajstić information content (AvgIpc) is 3.13. The van der Waals surface area contributed by atoms with Crippen LogP contribution in [-0.4, -0.2) is 20.2 Å². The zero-order valence-electron chi connectivity index (χ0n) is 15.0. The number of halogens is 2. The molecule has 27 heavy (non-hydrogen) atoms. The Hall–Kier alpha value is -2.31. The van der Waals surface area contributed by atoms with E-state index < -0.39 is 0 Å². The maximum atomic E-state index is 6.07. The van der Waals surface area contributed by atoms with Gasteiger partial charge < -0.3 is 10.1 Å². The molecule has 6 nitrogen and oxygen atoms in total. The van der Waals surface area contributed by atoms with Gasteiger partial charge in [0.1, 0.15) is 12.4 Å². The first kappa shape index (κ1) is 19.5. The van der Waals surface area contributed by atoms with Gasteiger partial charge in [-0.15, -0.1) is 0 Å². The van der Waals surface area contributed by atoms with E-state index in [-0.39, 0.29) is 0 Å². The predicted molar refractivity (Wildman–Crippen MR) is 107 cm³/mol. The van der Waals surface area contributed by atoms with Crippen LogP contribution in [0.4, 0.5) is 5.95 Å². The monoisotopic (exact) mass is 405 g/mol. The van der Waals surface area contributed by atoms with Crippen LogP contribution in [-0.2, 0) is 19.7 Å². The molecule has 0 fully saturated rings. The van der Waals surface area contributed by atoms with Gasteiger partial charge >= 0.3 is 0 Å². The lowest BCUT2D eigenvalue weighted by molar-refractivity contribution is 0.303. The first-order valence-electron chi connectivity index (χ1n) is 8.82. The number of anilines is 1. The number of unbranched alkanes of at least 4 members (excludes halogenated alkanes) is 1. The Balaban J connectivity index is 1.63. The van der Waals surface area contributed by atoms with E-state index in [2.05, 4.69) is 27.8 Å². The fraction of sp³-hybridized carbons (Fsp3) is 0.316. The van der Waals surface area contributed by atoms with E-state index in [1.54, 1.807) is 10.7 Å². The molecule has 3 aromatic rings. The van der Waals surface area contributed by atoms with Gasteiger partial charge in [0.2, 0.25) is 5.95 Å². The average molecular weight is 406 g/mol. The fourth-order valence-corrected chi connectivity index (χ4v) is 2.87. The maximum absolute atomic E-state index is 6.07. The zero-order chi connectivity index (χ0) is 19.1. The van der Waals surface area contributed by atoms with Gasteiger partial charge in [-0.05, 0) is 40.6 Å². The number of hydrogen-bond donors (Lipinski definition) is 1. The van der Waals surface area contributed by atoms with Crippen LogP contribution in [0.2, 0.25) is 10.0 Å². The number of ether oxygens (including phenoxy) is 1. The lowest BCUT2D eigenvalue weighted by atomic mass is 10.2. The van der Waals surface area contributed by atoms with E-state index in [9.17, 15) is 0 Å². The summed E-state index contributed by atoms with van der Waals surface area (Å²) >= 11 is 12.0. The summed E-state index contributed by atoms with van der Waals surface area (Å²) in [7, 11) is 0. The molecule has 0 saturated heterocycles. The number of rotatable bonds is 9. The van der Waals surface area contributed by atoms with Crippen molar-refractivity contribution < 1.29 is 4.74 Å². The Morgan fingerprint density at radius 1 is 1.11 bits per heavy atom. The second-order valence-corrected chi connectivity index (χ2v) is 6.89. The fourth-order valence-electron chi connectivity index (χ4n) is 2.55. The minimum absolute atomic E-state index is 0.405. The highest BCUT2D eigenvalue weighted by molar-refractivity contribution is 6.42. The molecule has 0 unspecified atom stereocenters. The second kappa shape index (κ2) is 9.58. The number of nitrogens with one attached hydrogen (secondary N) is 1. The van der Waals surface area contributed by atoms with Gasteiger partial charge in [0.15, 0.2) is 0 Å². The molecule has 0 aliphatic rings. The molecule has 0 amide bonds. The van der Waals surface area contributed by atoms with Crippen LogP contribution in [0.1, 0.15) is 30.9 Å². The van der Waals surface area contributed by atoms with E-state index in [4.69, 9.17) is 27.9 Å². The Morgan fingerprint density at radius 2 is 1.96 bits per heavy atom. The van der Waals surface area contributed by atoms with Crippen molar-refractivity contribution in [3.05, 3.63) is 63.6 Å². The van der Waals surface area contributed by atoms with Crippen molar-refractivity contribution in [3.63, 3.8) is 0 Å². The molecule has 0 aliphatic heterocycles. The normalized spacial score (nSPS) is 10.8. The van der Waals surface area contributed by atoms with Gasteiger partial charge in [0.25, 0.3) is 0 Å². The van der Waals surface area contributed by atoms with Crippen LogP contribution in [0.3, 0.4) is 0 Å². The molecule has 0 radical (unpaired) electrons. The number of nitrogens with zero attached hydrogens (tertiary/aromatic N) is 4. The third-order valence-corrected chi connectivity index (χ3v) is 4.78.